The third kappa shape index (κ3) is 3.08. The second-order valence-electron chi connectivity index (χ2n) is 5.89. The van der Waals surface area contributed by atoms with E-state index in [1.54, 1.807) is 0 Å². The van der Waals surface area contributed by atoms with Crippen LogP contribution in [0.3, 0.4) is 0 Å². The third-order valence-corrected chi connectivity index (χ3v) is 4.93. The maximum Gasteiger partial charge on any atom is 0.143 e. The fourth-order valence-electron chi connectivity index (χ4n) is 2.92. The second-order valence-corrected chi connectivity index (χ2v) is 6.74. The van der Waals surface area contributed by atoms with Crippen LogP contribution in [0, 0.1) is 11.3 Å². The summed E-state index contributed by atoms with van der Waals surface area (Å²) < 4.78 is 7.26. The first kappa shape index (κ1) is 16.4. The Morgan fingerprint density at radius 3 is 2.12 bits per heavy atom. The van der Waals surface area contributed by atoms with E-state index in [0.29, 0.717) is 5.56 Å². The summed E-state index contributed by atoms with van der Waals surface area (Å²) in [7, 11) is 0. The number of nitriles is 1. The number of hydrogen-bond donors (Lipinski definition) is 0. The molecule has 1 heterocycles. The van der Waals surface area contributed by atoms with E-state index in [4.69, 9.17) is 9.68 Å². The van der Waals surface area contributed by atoms with Gasteiger partial charge in [0.2, 0.25) is 0 Å². The Hall–Kier alpha value is -3.09. The Morgan fingerprint density at radius 2 is 1.42 bits per heavy atom. The number of rotatable bonds is 3. The predicted molar refractivity (Wildman–Crippen MR) is 107 cm³/mol. The van der Waals surface area contributed by atoms with Gasteiger partial charge >= 0.3 is 0 Å². The Morgan fingerprint density at radius 1 is 0.731 bits per heavy atom. The monoisotopic (exact) mass is 399 g/mol. The zero-order valence-corrected chi connectivity index (χ0v) is 15.4. The van der Waals surface area contributed by atoms with E-state index < -0.39 is 0 Å². The molecule has 0 unspecified atom stereocenters. The van der Waals surface area contributed by atoms with E-state index in [1.165, 1.54) is 0 Å². The SMILES string of the molecule is N#Cc1ccc(-c2cc(-c3ccccc3)oc2-c2ccccc2Br)cc1. The predicted octanol–water partition coefficient (Wildman–Crippen LogP) is 6.91. The maximum absolute atomic E-state index is 9.05. The van der Waals surface area contributed by atoms with Crippen LogP contribution in [0.2, 0.25) is 0 Å². The maximum atomic E-state index is 9.05. The van der Waals surface area contributed by atoms with Crippen molar-refractivity contribution < 1.29 is 4.42 Å². The molecule has 0 atom stereocenters. The van der Waals surface area contributed by atoms with Crippen molar-refractivity contribution in [2.75, 3.05) is 0 Å². The molecule has 4 aromatic rings. The highest BCUT2D eigenvalue weighted by atomic mass is 79.9. The van der Waals surface area contributed by atoms with Crippen molar-refractivity contribution in [1.29, 1.82) is 5.26 Å². The lowest BCUT2D eigenvalue weighted by Crippen LogP contribution is -1.82. The van der Waals surface area contributed by atoms with Crippen LogP contribution in [0.5, 0.6) is 0 Å². The summed E-state index contributed by atoms with van der Waals surface area (Å²) in [5.74, 6) is 1.62. The van der Waals surface area contributed by atoms with Crippen molar-refractivity contribution in [3.63, 3.8) is 0 Å². The molecule has 0 saturated carbocycles. The summed E-state index contributed by atoms with van der Waals surface area (Å²) in [6.45, 7) is 0. The quantitative estimate of drug-likeness (QED) is 0.375. The van der Waals surface area contributed by atoms with Gasteiger partial charge in [-0.25, -0.2) is 0 Å². The summed E-state index contributed by atoms with van der Waals surface area (Å²) in [5.41, 5.74) is 4.68. The van der Waals surface area contributed by atoms with Crippen LogP contribution in [0.15, 0.2) is 93.8 Å². The zero-order chi connectivity index (χ0) is 17.9. The highest BCUT2D eigenvalue weighted by molar-refractivity contribution is 9.10. The van der Waals surface area contributed by atoms with Crippen molar-refractivity contribution >= 4 is 15.9 Å². The van der Waals surface area contributed by atoms with E-state index in [9.17, 15) is 0 Å². The number of benzene rings is 3. The highest BCUT2D eigenvalue weighted by Crippen LogP contribution is 2.41. The van der Waals surface area contributed by atoms with Crippen molar-refractivity contribution in [2.24, 2.45) is 0 Å². The molecule has 0 aliphatic carbocycles. The molecule has 0 spiro atoms. The van der Waals surface area contributed by atoms with E-state index in [0.717, 1.165) is 38.2 Å². The molecule has 1 aromatic heterocycles. The minimum Gasteiger partial charge on any atom is -0.455 e. The second kappa shape index (κ2) is 7.03. The molecule has 0 amide bonds. The van der Waals surface area contributed by atoms with Crippen molar-refractivity contribution in [2.45, 2.75) is 0 Å². The molecule has 0 aliphatic rings. The molecule has 0 aliphatic heterocycles. The molecule has 3 aromatic carbocycles. The van der Waals surface area contributed by atoms with E-state index >= 15 is 0 Å². The van der Waals surface area contributed by atoms with Gasteiger partial charge in [-0.3, -0.25) is 0 Å². The average molecular weight is 400 g/mol. The van der Waals surface area contributed by atoms with Crippen LogP contribution in [0.4, 0.5) is 0 Å². The topological polar surface area (TPSA) is 36.9 Å². The van der Waals surface area contributed by atoms with E-state index in [2.05, 4.69) is 28.1 Å². The lowest BCUT2D eigenvalue weighted by Gasteiger charge is -2.05. The average Bonchev–Trinajstić information content (AvgIpc) is 3.14. The highest BCUT2D eigenvalue weighted by Gasteiger charge is 2.17. The molecule has 0 N–H and O–H groups in total. The summed E-state index contributed by atoms with van der Waals surface area (Å²) in [6.07, 6.45) is 0. The van der Waals surface area contributed by atoms with Gasteiger partial charge in [-0.1, -0.05) is 76.6 Å². The van der Waals surface area contributed by atoms with Crippen LogP contribution in [-0.2, 0) is 0 Å². The standard InChI is InChI=1S/C23H14BrNO/c24-21-9-5-4-8-19(21)23-20(17-12-10-16(15-25)11-13-17)14-22(26-23)18-6-2-1-3-7-18/h1-14H. The molecule has 3 heteroatoms. The summed E-state index contributed by atoms with van der Waals surface area (Å²) in [5, 5.41) is 9.05. The molecule has 0 fully saturated rings. The Labute approximate surface area is 160 Å². The molecule has 0 saturated heterocycles. The Balaban J connectivity index is 1.92. The molecule has 26 heavy (non-hydrogen) atoms. The number of furan rings is 1. The first-order valence-electron chi connectivity index (χ1n) is 8.21. The lowest BCUT2D eigenvalue weighted by atomic mass is 10.0. The molecule has 4 rings (SSSR count). The molecular weight excluding hydrogens is 386 g/mol. The molecular formula is C23H14BrNO. The van der Waals surface area contributed by atoms with Gasteiger partial charge in [0.1, 0.15) is 11.5 Å². The van der Waals surface area contributed by atoms with Crippen LogP contribution in [0.25, 0.3) is 33.8 Å². The van der Waals surface area contributed by atoms with E-state index in [1.807, 2.05) is 78.9 Å². The molecule has 0 bridgehead atoms. The fraction of sp³-hybridized carbons (Fsp3) is 0. The van der Waals surface area contributed by atoms with Gasteiger partial charge in [0.15, 0.2) is 0 Å². The van der Waals surface area contributed by atoms with Crippen LogP contribution in [-0.4, -0.2) is 0 Å². The first-order chi connectivity index (χ1) is 12.8. The lowest BCUT2D eigenvalue weighted by molar-refractivity contribution is 0.598. The van der Waals surface area contributed by atoms with Crippen LogP contribution < -0.4 is 0 Å². The van der Waals surface area contributed by atoms with Crippen molar-refractivity contribution in [1.82, 2.24) is 0 Å². The fourth-order valence-corrected chi connectivity index (χ4v) is 3.38. The molecule has 0 radical (unpaired) electrons. The zero-order valence-electron chi connectivity index (χ0n) is 13.8. The van der Waals surface area contributed by atoms with Gasteiger partial charge in [-0.15, -0.1) is 0 Å². The number of halogens is 1. The largest absolute Gasteiger partial charge is 0.455 e. The van der Waals surface area contributed by atoms with Gasteiger partial charge in [-0.05, 0) is 29.8 Å². The normalized spacial score (nSPS) is 10.5. The van der Waals surface area contributed by atoms with Gasteiger partial charge in [-0.2, -0.15) is 5.26 Å². The van der Waals surface area contributed by atoms with Gasteiger partial charge in [0.05, 0.1) is 11.6 Å². The number of hydrogen-bond acceptors (Lipinski definition) is 2. The Bertz CT molecular complexity index is 1090. The van der Waals surface area contributed by atoms with Crippen molar-refractivity contribution in [3.05, 3.63) is 95.0 Å². The molecule has 2 nitrogen and oxygen atoms in total. The number of nitrogens with zero attached hydrogens (tertiary/aromatic N) is 1. The smallest absolute Gasteiger partial charge is 0.143 e. The molecule has 124 valence electrons. The van der Waals surface area contributed by atoms with Crippen LogP contribution in [0.1, 0.15) is 5.56 Å². The summed E-state index contributed by atoms with van der Waals surface area (Å²) >= 11 is 3.62. The van der Waals surface area contributed by atoms with Gasteiger partial charge < -0.3 is 4.42 Å². The minimum atomic E-state index is 0.642. The first-order valence-corrected chi connectivity index (χ1v) is 9.00. The van der Waals surface area contributed by atoms with E-state index in [-0.39, 0.29) is 0 Å². The van der Waals surface area contributed by atoms with Crippen LogP contribution >= 0.6 is 15.9 Å². The minimum absolute atomic E-state index is 0.642. The summed E-state index contributed by atoms with van der Waals surface area (Å²) in [4.78, 5) is 0. The summed E-state index contributed by atoms with van der Waals surface area (Å²) in [6, 6.07) is 29.9. The Kier molecular flexibility index (Phi) is 4.43. The van der Waals surface area contributed by atoms with Crippen molar-refractivity contribution in [3.8, 4) is 39.8 Å². The third-order valence-electron chi connectivity index (χ3n) is 4.23. The van der Waals surface area contributed by atoms with Gasteiger partial charge in [0, 0.05) is 21.2 Å². The van der Waals surface area contributed by atoms with Gasteiger partial charge in [0.25, 0.3) is 0 Å².